The van der Waals surface area contributed by atoms with Crippen LogP contribution in [-0.4, -0.2) is 12.5 Å². The van der Waals surface area contributed by atoms with Crippen LogP contribution in [0.3, 0.4) is 0 Å². The molecule has 1 amide bonds. The molecule has 1 unspecified atom stereocenters. The molecule has 0 bridgehead atoms. The fraction of sp³-hybridized carbons (Fsp3) is 0.350. The van der Waals surface area contributed by atoms with Gasteiger partial charge in [0.1, 0.15) is 5.75 Å². The van der Waals surface area contributed by atoms with Gasteiger partial charge in [0.25, 0.3) is 0 Å². The molecule has 1 heterocycles. The number of ether oxygens (including phenoxy) is 1. The van der Waals surface area contributed by atoms with Gasteiger partial charge in [0, 0.05) is 22.9 Å². The first-order valence-electron chi connectivity index (χ1n) is 8.45. The Morgan fingerprint density at radius 1 is 1.21 bits per heavy atom. The number of hydrogen-bond donors (Lipinski definition) is 1. The largest absolute Gasteiger partial charge is 0.493 e. The maximum Gasteiger partial charge on any atom is 0.220 e. The molecule has 1 N–H and O–H groups in total. The molecule has 3 rings (SSSR count). The molecule has 0 aromatic heterocycles. The van der Waals surface area contributed by atoms with Crippen molar-refractivity contribution in [2.24, 2.45) is 0 Å². The minimum absolute atomic E-state index is 0.0289. The van der Waals surface area contributed by atoms with Gasteiger partial charge in [-0.25, -0.2) is 0 Å². The fourth-order valence-corrected chi connectivity index (χ4v) is 3.36. The molecule has 0 saturated carbocycles. The third kappa shape index (κ3) is 4.18. The van der Waals surface area contributed by atoms with Crippen molar-refractivity contribution in [2.75, 3.05) is 6.61 Å². The van der Waals surface area contributed by atoms with Gasteiger partial charge >= 0.3 is 0 Å². The number of carbonyl (C=O) groups is 1. The van der Waals surface area contributed by atoms with Gasteiger partial charge in [-0.1, -0.05) is 47.1 Å². The molecule has 1 aliphatic heterocycles. The maximum atomic E-state index is 12.3. The average molecular weight is 388 g/mol. The zero-order chi connectivity index (χ0) is 16.9. The second-order valence-corrected chi connectivity index (χ2v) is 7.03. The van der Waals surface area contributed by atoms with Gasteiger partial charge in [-0.2, -0.15) is 0 Å². The Bertz CT molecular complexity index is 712. The smallest absolute Gasteiger partial charge is 0.220 e. The van der Waals surface area contributed by atoms with Crippen molar-refractivity contribution >= 4 is 21.8 Å². The summed E-state index contributed by atoms with van der Waals surface area (Å²) in [4.78, 5) is 12.3. The summed E-state index contributed by atoms with van der Waals surface area (Å²) in [6.45, 7) is 2.78. The minimum Gasteiger partial charge on any atom is -0.493 e. The Labute approximate surface area is 151 Å². The van der Waals surface area contributed by atoms with Crippen LogP contribution in [0.2, 0.25) is 0 Å². The van der Waals surface area contributed by atoms with E-state index in [1.807, 2.05) is 18.2 Å². The predicted octanol–water partition coefficient (Wildman–Crippen LogP) is 4.58. The number of rotatable bonds is 5. The number of amides is 1. The lowest BCUT2D eigenvalue weighted by Crippen LogP contribution is -2.32. The van der Waals surface area contributed by atoms with E-state index in [0.29, 0.717) is 13.0 Å². The third-order valence-corrected chi connectivity index (χ3v) is 4.91. The van der Waals surface area contributed by atoms with Gasteiger partial charge in [0.05, 0.1) is 12.6 Å². The Hall–Kier alpha value is -1.81. The van der Waals surface area contributed by atoms with E-state index < -0.39 is 0 Å². The number of carbonyl (C=O) groups excluding carboxylic acids is 1. The van der Waals surface area contributed by atoms with Crippen LogP contribution in [0.15, 0.2) is 46.9 Å². The second-order valence-electron chi connectivity index (χ2n) is 6.11. The SMILES string of the molecule is CCc1ccc(CCC(=O)NC2CCOc3ccc(Br)cc32)cc1. The highest BCUT2D eigenvalue weighted by Crippen LogP contribution is 2.34. The van der Waals surface area contributed by atoms with E-state index in [1.165, 1.54) is 11.1 Å². The normalized spacial score (nSPS) is 16.2. The van der Waals surface area contributed by atoms with Crippen molar-refractivity contribution in [3.8, 4) is 5.75 Å². The maximum absolute atomic E-state index is 12.3. The summed E-state index contributed by atoms with van der Waals surface area (Å²) >= 11 is 3.49. The molecule has 0 radical (unpaired) electrons. The van der Waals surface area contributed by atoms with Gasteiger partial charge in [-0.05, 0) is 42.2 Å². The monoisotopic (exact) mass is 387 g/mol. The molecule has 0 spiro atoms. The minimum atomic E-state index is 0.0289. The highest BCUT2D eigenvalue weighted by Gasteiger charge is 2.23. The van der Waals surface area contributed by atoms with Crippen molar-refractivity contribution < 1.29 is 9.53 Å². The Balaban J connectivity index is 1.58. The summed E-state index contributed by atoms with van der Waals surface area (Å²) in [6.07, 6.45) is 3.12. The molecule has 0 fully saturated rings. The van der Waals surface area contributed by atoms with Crippen molar-refractivity contribution in [3.05, 3.63) is 63.6 Å². The van der Waals surface area contributed by atoms with Crippen molar-refractivity contribution in [3.63, 3.8) is 0 Å². The summed E-state index contributed by atoms with van der Waals surface area (Å²) in [6, 6.07) is 14.5. The molecule has 0 saturated heterocycles. The first-order valence-corrected chi connectivity index (χ1v) is 9.24. The van der Waals surface area contributed by atoms with Crippen LogP contribution in [0.5, 0.6) is 5.75 Å². The van der Waals surface area contributed by atoms with E-state index in [-0.39, 0.29) is 11.9 Å². The summed E-state index contributed by atoms with van der Waals surface area (Å²) in [5.41, 5.74) is 3.58. The van der Waals surface area contributed by atoms with E-state index in [1.54, 1.807) is 0 Å². The Morgan fingerprint density at radius 2 is 1.96 bits per heavy atom. The molecule has 126 valence electrons. The Morgan fingerprint density at radius 3 is 2.71 bits per heavy atom. The van der Waals surface area contributed by atoms with Gasteiger partial charge < -0.3 is 10.1 Å². The van der Waals surface area contributed by atoms with Gasteiger partial charge in [0.15, 0.2) is 0 Å². The van der Waals surface area contributed by atoms with Crippen molar-refractivity contribution in [1.29, 1.82) is 0 Å². The van der Waals surface area contributed by atoms with Crippen LogP contribution in [0.4, 0.5) is 0 Å². The number of benzene rings is 2. The van der Waals surface area contributed by atoms with Crippen LogP contribution in [-0.2, 0) is 17.6 Å². The number of aryl methyl sites for hydroxylation is 2. The standard InChI is InChI=1S/C20H22BrNO2/c1-2-14-3-5-15(6-4-14)7-10-20(23)22-18-11-12-24-19-9-8-16(21)13-17(18)19/h3-6,8-9,13,18H,2,7,10-12H2,1H3,(H,22,23). The molecule has 3 nitrogen and oxygen atoms in total. The lowest BCUT2D eigenvalue weighted by Gasteiger charge is -2.27. The van der Waals surface area contributed by atoms with Crippen molar-refractivity contribution in [1.82, 2.24) is 5.32 Å². The second kappa shape index (κ2) is 7.84. The van der Waals surface area contributed by atoms with Crippen LogP contribution in [0, 0.1) is 0 Å². The van der Waals surface area contributed by atoms with Gasteiger partial charge in [-0.3, -0.25) is 4.79 Å². The van der Waals surface area contributed by atoms with E-state index >= 15 is 0 Å². The highest BCUT2D eigenvalue weighted by atomic mass is 79.9. The molecule has 4 heteroatoms. The summed E-state index contributed by atoms with van der Waals surface area (Å²) < 4.78 is 6.67. The van der Waals surface area contributed by atoms with Gasteiger partial charge in [0.2, 0.25) is 5.91 Å². The summed E-state index contributed by atoms with van der Waals surface area (Å²) in [5, 5.41) is 3.16. The number of halogens is 1. The molecule has 0 aliphatic carbocycles. The molecule has 24 heavy (non-hydrogen) atoms. The molecule has 2 aromatic rings. The number of hydrogen-bond acceptors (Lipinski definition) is 2. The van der Waals surface area contributed by atoms with Crippen LogP contribution in [0.1, 0.15) is 42.5 Å². The Kier molecular flexibility index (Phi) is 5.56. The lowest BCUT2D eigenvalue weighted by molar-refractivity contribution is -0.122. The van der Waals surface area contributed by atoms with Crippen LogP contribution in [0.25, 0.3) is 0 Å². The summed E-state index contributed by atoms with van der Waals surface area (Å²) in [7, 11) is 0. The summed E-state index contributed by atoms with van der Waals surface area (Å²) in [5.74, 6) is 0.956. The highest BCUT2D eigenvalue weighted by molar-refractivity contribution is 9.10. The first-order chi connectivity index (χ1) is 11.7. The van der Waals surface area contributed by atoms with E-state index in [0.717, 1.165) is 35.0 Å². The molecular weight excluding hydrogens is 366 g/mol. The van der Waals surface area contributed by atoms with Crippen LogP contribution >= 0.6 is 15.9 Å². The predicted molar refractivity (Wildman–Crippen MR) is 99.3 cm³/mol. The number of nitrogens with one attached hydrogen (secondary N) is 1. The fourth-order valence-electron chi connectivity index (χ4n) is 2.98. The van der Waals surface area contributed by atoms with Gasteiger partial charge in [-0.15, -0.1) is 0 Å². The molecule has 1 atom stereocenters. The molecular formula is C20H22BrNO2. The topological polar surface area (TPSA) is 38.3 Å². The first kappa shape index (κ1) is 17.0. The lowest BCUT2D eigenvalue weighted by atomic mass is 10.00. The third-order valence-electron chi connectivity index (χ3n) is 4.42. The van der Waals surface area contributed by atoms with Crippen LogP contribution < -0.4 is 10.1 Å². The number of fused-ring (bicyclic) bond motifs is 1. The molecule has 1 aliphatic rings. The van der Waals surface area contributed by atoms with Crippen molar-refractivity contribution in [2.45, 2.75) is 38.6 Å². The zero-order valence-electron chi connectivity index (χ0n) is 13.8. The molecule has 2 aromatic carbocycles. The van der Waals surface area contributed by atoms with E-state index in [9.17, 15) is 4.79 Å². The van der Waals surface area contributed by atoms with E-state index in [2.05, 4.69) is 52.4 Å². The average Bonchev–Trinajstić information content (AvgIpc) is 2.61. The van der Waals surface area contributed by atoms with E-state index in [4.69, 9.17) is 4.74 Å². The zero-order valence-corrected chi connectivity index (χ0v) is 15.4. The quantitative estimate of drug-likeness (QED) is 0.814.